The van der Waals surface area contributed by atoms with Gasteiger partial charge in [-0.15, -0.1) is 5.10 Å². The Morgan fingerprint density at radius 2 is 2.11 bits per heavy atom. The van der Waals surface area contributed by atoms with Gasteiger partial charge < -0.3 is 9.52 Å². The average molecular weight is 250 g/mol. The molecule has 0 aliphatic carbocycles. The quantitative estimate of drug-likeness (QED) is 0.884. The smallest absolute Gasteiger partial charge is 0.331 e. The van der Waals surface area contributed by atoms with Gasteiger partial charge in [0.15, 0.2) is 11.4 Å². The highest BCUT2D eigenvalue weighted by molar-refractivity contribution is 5.76. The van der Waals surface area contributed by atoms with Gasteiger partial charge in [0.2, 0.25) is 0 Å². The molecule has 1 N–H and O–H groups in total. The Balaban J connectivity index is 2.59. The molecule has 7 nitrogen and oxygen atoms in total. The van der Waals surface area contributed by atoms with Crippen LogP contribution in [0.15, 0.2) is 10.5 Å². The maximum Gasteiger partial charge on any atom is 0.331 e. The molecule has 2 aromatic heterocycles. The fourth-order valence-corrected chi connectivity index (χ4v) is 1.68. The summed E-state index contributed by atoms with van der Waals surface area (Å²) in [5.74, 6) is 0.764. The Morgan fingerprint density at radius 3 is 2.61 bits per heavy atom. The van der Waals surface area contributed by atoms with Crippen LogP contribution in [0.1, 0.15) is 25.4 Å². The van der Waals surface area contributed by atoms with Crippen LogP contribution in [0.25, 0.3) is 11.4 Å². The van der Waals surface area contributed by atoms with E-state index in [0.29, 0.717) is 17.1 Å². The predicted molar refractivity (Wildman–Crippen MR) is 62.0 cm³/mol. The van der Waals surface area contributed by atoms with Crippen LogP contribution in [0.5, 0.6) is 0 Å². The lowest BCUT2D eigenvalue weighted by molar-refractivity contribution is -0.146. The molecule has 0 aliphatic rings. The summed E-state index contributed by atoms with van der Waals surface area (Å²) < 4.78 is 6.69. The van der Waals surface area contributed by atoms with Crippen LogP contribution in [0, 0.1) is 13.8 Å². The van der Waals surface area contributed by atoms with Gasteiger partial charge in [-0.1, -0.05) is 0 Å². The second-order valence-electron chi connectivity index (χ2n) is 4.61. The van der Waals surface area contributed by atoms with Crippen molar-refractivity contribution in [2.75, 3.05) is 0 Å². The lowest BCUT2D eigenvalue weighted by atomic mass is 10.1. The fourth-order valence-electron chi connectivity index (χ4n) is 1.68. The third-order valence-corrected chi connectivity index (χ3v) is 2.80. The maximum absolute atomic E-state index is 11.3. The van der Waals surface area contributed by atoms with E-state index in [1.54, 1.807) is 13.0 Å². The van der Waals surface area contributed by atoms with Crippen LogP contribution in [-0.4, -0.2) is 31.3 Å². The minimum atomic E-state index is -1.23. The molecule has 0 amide bonds. The normalized spacial score (nSPS) is 11.8. The van der Waals surface area contributed by atoms with Gasteiger partial charge in [-0.3, -0.25) is 0 Å². The second-order valence-corrected chi connectivity index (χ2v) is 4.61. The minimum absolute atomic E-state index is 0.386. The van der Waals surface area contributed by atoms with Crippen LogP contribution in [0.4, 0.5) is 0 Å². The fraction of sp³-hybridized carbons (Fsp3) is 0.455. The van der Waals surface area contributed by atoms with Crippen LogP contribution in [-0.2, 0) is 10.3 Å². The largest absolute Gasteiger partial charge is 0.479 e. The van der Waals surface area contributed by atoms with Crippen LogP contribution in [0.3, 0.4) is 0 Å². The highest BCUT2D eigenvalue weighted by atomic mass is 16.4. The van der Waals surface area contributed by atoms with Gasteiger partial charge in [0, 0.05) is 0 Å². The first-order valence-electron chi connectivity index (χ1n) is 5.43. The van der Waals surface area contributed by atoms with E-state index >= 15 is 0 Å². The molecule has 0 unspecified atom stereocenters. The molecule has 7 heteroatoms. The van der Waals surface area contributed by atoms with Crippen molar-refractivity contribution in [3.05, 3.63) is 17.6 Å². The van der Waals surface area contributed by atoms with Crippen molar-refractivity contribution in [2.45, 2.75) is 33.2 Å². The molecule has 0 radical (unpaired) electrons. The summed E-state index contributed by atoms with van der Waals surface area (Å²) in [7, 11) is 0. The van der Waals surface area contributed by atoms with Crippen molar-refractivity contribution < 1.29 is 14.3 Å². The Bertz CT molecular complexity index is 597. The van der Waals surface area contributed by atoms with Crippen molar-refractivity contribution in [2.24, 2.45) is 0 Å². The number of furan rings is 1. The number of rotatable bonds is 3. The van der Waals surface area contributed by atoms with Gasteiger partial charge in [-0.05, 0) is 44.2 Å². The highest BCUT2D eigenvalue weighted by Gasteiger charge is 2.34. The highest BCUT2D eigenvalue weighted by Crippen LogP contribution is 2.27. The zero-order chi connectivity index (χ0) is 13.5. The van der Waals surface area contributed by atoms with Crippen molar-refractivity contribution >= 4 is 5.97 Å². The van der Waals surface area contributed by atoms with Crippen molar-refractivity contribution in [3.8, 4) is 11.4 Å². The first-order chi connectivity index (χ1) is 8.34. The molecule has 2 rings (SSSR count). The van der Waals surface area contributed by atoms with E-state index in [1.807, 2.05) is 6.92 Å². The summed E-state index contributed by atoms with van der Waals surface area (Å²) in [6.45, 7) is 6.68. The van der Waals surface area contributed by atoms with Crippen LogP contribution < -0.4 is 0 Å². The molecule has 2 heterocycles. The summed E-state index contributed by atoms with van der Waals surface area (Å²) in [5, 5.41) is 20.4. The Morgan fingerprint density at radius 1 is 1.44 bits per heavy atom. The lowest BCUT2D eigenvalue weighted by Gasteiger charge is -2.20. The van der Waals surface area contributed by atoms with Gasteiger partial charge in [0.25, 0.3) is 0 Å². The third kappa shape index (κ3) is 1.77. The number of nitrogens with zero attached hydrogens (tertiary/aromatic N) is 4. The van der Waals surface area contributed by atoms with E-state index in [9.17, 15) is 9.90 Å². The summed E-state index contributed by atoms with van der Waals surface area (Å²) in [6.07, 6.45) is 0. The standard InChI is InChI=1S/C11H14N4O3/c1-6-5-8(7(2)18-6)9-12-13-14-15(9)11(3,4)10(16)17/h5H,1-4H3,(H,16,17). The topological polar surface area (TPSA) is 94.0 Å². The first kappa shape index (κ1) is 12.3. The lowest BCUT2D eigenvalue weighted by Crippen LogP contribution is -2.37. The number of aliphatic carboxylic acids is 1. The SMILES string of the molecule is Cc1cc(-c2nnnn2C(C)(C)C(=O)O)c(C)o1. The molecule has 96 valence electrons. The third-order valence-electron chi connectivity index (χ3n) is 2.80. The van der Waals surface area contributed by atoms with Crippen LogP contribution >= 0.6 is 0 Å². The van der Waals surface area contributed by atoms with E-state index in [1.165, 1.54) is 18.5 Å². The number of tetrazole rings is 1. The molecule has 0 fully saturated rings. The number of hydrogen-bond acceptors (Lipinski definition) is 5. The summed E-state index contributed by atoms with van der Waals surface area (Å²) in [4.78, 5) is 11.3. The molecular weight excluding hydrogens is 236 g/mol. The zero-order valence-corrected chi connectivity index (χ0v) is 10.6. The number of aromatic nitrogens is 4. The summed E-state index contributed by atoms with van der Waals surface area (Å²) in [5.41, 5.74) is -0.525. The molecule has 0 aromatic carbocycles. The van der Waals surface area contributed by atoms with E-state index in [2.05, 4.69) is 15.5 Å². The number of hydrogen-bond donors (Lipinski definition) is 1. The number of carboxylic acid groups (broad SMARTS) is 1. The molecule has 0 bridgehead atoms. The van der Waals surface area contributed by atoms with Gasteiger partial charge in [0.05, 0.1) is 5.56 Å². The maximum atomic E-state index is 11.3. The van der Waals surface area contributed by atoms with Gasteiger partial charge in [-0.25, -0.2) is 9.48 Å². The Kier molecular flexibility index (Phi) is 2.68. The Hall–Kier alpha value is -2.18. The Labute approximate surface area is 103 Å². The van der Waals surface area contributed by atoms with E-state index in [0.717, 1.165) is 5.76 Å². The molecule has 0 atom stereocenters. The monoisotopic (exact) mass is 250 g/mol. The summed E-state index contributed by atoms with van der Waals surface area (Å²) >= 11 is 0. The van der Waals surface area contributed by atoms with Gasteiger partial charge in [-0.2, -0.15) is 0 Å². The van der Waals surface area contributed by atoms with Crippen molar-refractivity contribution in [1.29, 1.82) is 0 Å². The number of carbonyl (C=O) groups is 1. The predicted octanol–water partition coefficient (Wildman–Crippen LogP) is 1.37. The van der Waals surface area contributed by atoms with Crippen LogP contribution in [0.2, 0.25) is 0 Å². The van der Waals surface area contributed by atoms with E-state index in [-0.39, 0.29) is 0 Å². The van der Waals surface area contributed by atoms with Gasteiger partial charge in [0.1, 0.15) is 11.5 Å². The molecule has 18 heavy (non-hydrogen) atoms. The average Bonchev–Trinajstić information content (AvgIpc) is 2.84. The second kappa shape index (κ2) is 3.94. The van der Waals surface area contributed by atoms with Gasteiger partial charge >= 0.3 is 5.97 Å². The molecular formula is C11H14N4O3. The first-order valence-corrected chi connectivity index (χ1v) is 5.43. The van der Waals surface area contributed by atoms with Crippen molar-refractivity contribution in [1.82, 2.24) is 20.2 Å². The minimum Gasteiger partial charge on any atom is -0.479 e. The summed E-state index contributed by atoms with van der Waals surface area (Å²) in [6, 6.07) is 1.79. The molecule has 2 aromatic rings. The molecule has 0 spiro atoms. The molecule has 0 saturated heterocycles. The zero-order valence-electron chi connectivity index (χ0n) is 10.6. The number of carboxylic acids is 1. The van der Waals surface area contributed by atoms with Crippen molar-refractivity contribution in [3.63, 3.8) is 0 Å². The molecule has 0 aliphatic heterocycles. The number of aryl methyl sites for hydroxylation is 2. The van der Waals surface area contributed by atoms with E-state index in [4.69, 9.17) is 4.42 Å². The molecule has 0 saturated carbocycles. The van der Waals surface area contributed by atoms with E-state index < -0.39 is 11.5 Å².